The largest absolute Gasteiger partial charge is 0.391 e. The van der Waals surface area contributed by atoms with Crippen LogP contribution in [0.1, 0.15) is 41.6 Å². The molecule has 2 atom stereocenters. The van der Waals surface area contributed by atoms with Crippen LogP contribution in [-0.2, 0) is 11.3 Å². The minimum Gasteiger partial charge on any atom is -0.380 e. The molecule has 6 heteroatoms. The lowest BCUT2D eigenvalue weighted by Crippen LogP contribution is -2.41. The van der Waals surface area contributed by atoms with Crippen molar-refractivity contribution < 1.29 is 22.7 Å². The number of amides is 1. The maximum Gasteiger partial charge on any atom is 0.391 e. The molecule has 1 aliphatic carbocycles. The Morgan fingerprint density at radius 3 is 2.82 bits per heavy atom. The minimum atomic E-state index is -4.18. The third-order valence-electron chi connectivity index (χ3n) is 3.97. The van der Waals surface area contributed by atoms with E-state index < -0.39 is 18.1 Å². The van der Waals surface area contributed by atoms with Crippen LogP contribution < -0.4 is 5.32 Å². The maximum absolute atomic E-state index is 12.8. The number of alkyl halides is 3. The van der Waals surface area contributed by atoms with Gasteiger partial charge in [-0.05, 0) is 37.0 Å². The quantitative estimate of drug-likeness (QED) is 0.920. The van der Waals surface area contributed by atoms with Gasteiger partial charge in [0.2, 0.25) is 0 Å². The molecule has 1 N–H and O–H groups in total. The molecule has 3 nitrogen and oxygen atoms in total. The number of ether oxygens (including phenoxy) is 1. The van der Waals surface area contributed by atoms with Gasteiger partial charge in [-0.2, -0.15) is 13.2 Å². The van der Waals surface area contributed by atoms with Crippen molar-refractivity contribution in [1.29, 1.82) is 0 Å². The Morgan fingerprint density at radius 2 is 2.14 bits per heavy atom. The van der Waals surface area contributed by atoms with E-state index in [1.54, 1.807) is 25.3 Å². The van der Waals surface area contributed by atoms with E-state index in [1.807, 2.05) is 6.07 Å². The molecule has 0 saturated heterocycles. The topological polar surface area (TPSA) is 38.3 Å². The molecule has 1 amide bonds. The molecular weight excluding hydrogens is 295 g/mol. The van der Waals surface area contributed by atoms with Gasteiger partial charge < -0.3 is 10.1 Å². The Balaban J connectivity index is 1.98. The van der Waals surface area contributed by atoms with Crippen LogP contribution >= 0.6 is 0 Å². The van der Waals surface area contributed by atoms with Gasteiger partial charge in [0.05, 0.1) is 12.5 Å². The number of hydrogen-bond acceptors (Lipinski definition) is 2. The molecule has 1 fully saturated rings. The highest BCUT2D eigenvalue weighted by Gasteiger charge is 2.42. The van der Waals surface area contributed by atoms with Crippen LogP contribution in [-0.4, -0.2) is 25.2 Å². The second-order valence-electron chi connectivity index (χ2n) is 5.71. The van der Waals surface area contributed by atoms with Gasteiger partial charge in [-0.25, -0.2) is 0 Å². The van der Waals surface area contributed by atoms with Crippen molar-refractivity contribution in [2.75, 3.05) is 7.11 Å². The molecule has 1 aromatic carbocycles. The van der Waals surface area contributed by atoms with Gasteiger partial charge >= 0.3 is 6.18 Å². The fraction of sp³-hybridized carbons (Fsp3) is 0.562. The van der Waals surface area contributed by atoms with Crippen molar-refractivity contribution in [1.82, 2.24) is 5.32 Å². The lowest BCUT2D eigenvalue weighted by molar-refractivity contribution is -0.183. The average molecular weight is 315 g/mol. The van der Waals surface area contributed by atoms with E-state index in [2.05, 4.69) is 5.32 Å². The average Bonchev–Trinajstić information content (AvgIpc) is 2.47. The molecule has 0 aliphatic heterocycles. The van der Waals surface area contributed by atoms with E-state index in [9.17, 15) is 18.0 Å². The van der Waals surface area contributed by atoms with Gasteiger partial charge in [0, 0.05) is 18.7 Å². The van der Waals surface area contributed by atoms with Gasteiger partial charge in [-0.1, -0.05) is 18.6 Å². The van der Waals surface area contributed by atoms with Crippen molar-refractivity contribution in [2.45, 2.75) is 44.5 Å². The highest BCUT2D eigenvalue weighted by Crippen LogP contribution is 2.37. The number of methoxy groups -OCH3 is 1. The summed E-state index contributed by atoms with van der Waals surface area (Å²) < 4.78 is 43.4. The molecular formula is C16H20F3NO2. The highest BCUT2D eigenvalue weighted by atomic mass is 19.4. The van der Waals surface area contributed by atoms with Crippen LogP contribution in [0.15, 0.2) is 24.3 Å². The first kappa shape index (κ1) is 16.8. The third kappa shape index (κ3) is 4.47. The van der Waals surface area contributed by atoms with Gasteiger partial charge in [-0.3, -0.25) is 4.79 Å². The Kier molecular flexibility index (Phi) is 5.45. The second kappa shape index (κ2) is 7.13. The van der Waals surface area contributed by atoms with E-state index in [-0.39, 0.29) is 18.7 Å². The molecule has 122 valence electrons. The second-order valence-corrected chi connectivity index (χ2v) is 5.71. The van der Waals surface area contributed by atoms with E-state index in [1.165, 1.54) is 0 Å². The molecule has 1 aliphatic rings. The molecule has 0 radical (unpaired) electrons. The highest BCUT2D eigenvalue weighted by molar-refractivity contribution is 5.94. The van der Waals surface area contributed by atoms with E-state index in [0.29, 0.717) is 25.0 Å². The number of rotatable bonds is 4. The van der Waals surface area contributed by atoms with Gasteiger partial charge in [0.1, 0.15) is 0 Å². The van der Waals surface area contributed by atoms with Crippen molar-refractivity contribution >= 4 is 5.91 Å². The van der Waals surface area contributed by atoms with Crippen LogP contribution in [0.2, 0.25) is 0 Å². The summed E-state index contributed by atoms with van der Waals surface area (Å²) in [5.74, 6) is -1.64. The predicted molar refractivity (Wildman–Crippen MR) is 76.4 cm³/mol. The fourth-order valence-electron chi connectivity index (χ4n) is 2.86. The number of hydrogen-bond donors (Lipinski definition) is 1. The molecule has 22 heavy (non-hydrogen) atoms. The first-order valence-electron chi connectivity index (χ1n) is 7.35. The smallest absolute Gasteiger partial charge is 0.380 e. The Labute approximate surface area is 127 Å². The molecule has 2 rings (SSSR count). The van der Waals surface area contributed by atoms with Crippen molar-refractivity contribution in [2.24, 2.45) is 5.92 Å². The van der Waals surface area contributed by atoms with Gasteiger partial charge in [-0.15, -0.1) is 0 Å². The van der Waals surface area contributed by atoms with Crippen molar-refractivity contribution in [3.05, 3.63) is 35.4 Å². The summed E-state index contributed by atoms with van der Waals surface area (Å²) in [6, 6.07) is 6.50. The maximum atomic E-state index is 12.8. The zero-order valence-electron chi connectivity index (χ0n) is 12.5. The standard InChI is InChI=1S/C16H20F3NO2/c1-22-10-11-4-2-5-12(8-11)15(21)20-14-7-3-6-13(9-14)16(17,18)19/h2,4-5,8,13-14H,3,6-7,9-10H2,1H3,(H,20,21). The number of carbonyl (C=O) groups excluding carboxylic acids is 1. The Morgan fingerprint density at radius 1 is 1.36 bits per heavy atom. The summed E-state index contributed by atoms with van der Waals surface area (Å²) >= 11 is 0. The Hall–Kier alpha value is -1.56. The molecule has 0 heterocycles. The van der Waals surface area contributed by atoms with E-state index in [4.69, 9.17) is 4.74 Å². The summed E-state index contributed by atoms with van der Waals surface area (Å²) in [7, 11) is 1.56. The third-order valence-corrected chi connectivity index (χ3v) is 3.97. The van der Waals surface area contributed by atoms with E-state index in [0.717, 1.165) is 5.56 Å². The van der Waals surface area contributed by atoms with Crippen LogP contribution in [0.5, 0.6) is 0 Å². The Bertz CT molecular complexity index is 516. The van der Waals surface area contributed by atoms with Gasteiger partial charge in [0.25, 0.3) is 5.91 Å². The van der Waals surface area contributed by atoms with Gasteiger partial charge in [0.15, 0.2) is 0 Å². The zero-order chi connectivity index (χ0) is 16.2. The predicted octanol–water partition coefficient (Wildman–Crippen LogP) is 3.68. The molecule has 2 unspecified atom stereocenters. The molecule has 0 spiro atoms. The monoisotopic (exact) mass is 315 g/mol. The minimum absolute atomic E-state index is 0.0347. The fourth-order valence-corrected chi connectivity index (χ4v) is 2.86. The summed E-state index contributed by atoms with van der Waals surface area (Å²) in [6.45, 7) is 0.390. The molecule has 1 aromatic rings. The summed E-state index contributed by atoms with van der Waals surface area (Å²) in [5, 5.41) is 2.73. The SMILES string of the molecule is COCc1cccc(C(=O)NC2CCCC(C(F)(F)F)C2)c1. The number of halogens is 3. The molecule has 0 bridgehead atoms. The summed E-state index contributed by atoms with van der Waals surface area (Å²) in [6.07, 6.45) is -2.98. The van der Waals surface area contributed by atoms with E-state index >= 15 is 0 Å². The summed E-state index contributed by atoms with van der Waals surface area (Å²) in [4.78, 5) is 12.2. The molecule has 1 saturated carbocycles. The van der Waals surface area contributed by atoms with Crippen LogP contribution in [0, 0.1) is 5.92 Å². The first-order chi connectivity index (χ1) is 10.4. The number of benzene rings is 1. The van der Waals surface area contributed by atoms with Crippen molar-refractivity contribution in [3.8, 4) is 0 Å². The summed E-state index contributed by atoms with van der Waals surface area (Å²) in [5.41, 5.74) is 1.30. The number of carbonyl (C=O) groups is 1. The lowest BCUT2D eigenvalue weighted by Gasteiger charge is -2.31. The normalized spacial score (nSPS) is 22.4. The zero-order valence-corrected chi connectivity index (χ0v) is 12.5. The number of nitrogens with one attached hydrogen (secondary N) is 1. The van der Waals surface area contributed by atoms with Crippen molar-refractivity contribution in [3.63, 3.8) is 0 Å². The van der Waals surface area contributed by atoms with Crippen LogP contribution in [0.25, 0.3) is 0 Å². The lowest BCUT2D eigenvalue weighted by atomic mass is 9.85. The van der Waals surface area contributed by atoms with Crippen LogP contribution in [0.3, 0.4) is 0 Å². The first-order valence-corrected chi connectivity index (χ1v) is 7.35. The van der Waals surface area contributed by atoms with Crippen LogP contribution in [0.4, 0.5) is 13.2 Å². The molecule has 0 aromatic heterocycles.